The first-order chi connectivity index (χ1) is 16.4. The van der Waals surface area contributed by atoms with Crippen LogP contribution in [-0.2, 0) is 10.3 Å². The molecule has 0 N–H and O–H groups in total. The van der Waals surface area contributed by atoms with Crippen molar-refractivity contribution in [3.8, 4) is 17.1 Å². The molecule has 0 saturated heterocycles. The van der Waals surface area contributed by atoms with Crippen LogP contribution in [0.15, 0.2) is 58.2 Å². The summed E-state index contributed by atoms with van der Waals surface area (Å²) in [5, 5.41) is 13.2. The summed E-state index contributed by atoms with van der Waals surface area (Å²) >= 11 is 0. The first-order valence-corrected chi connectivity index (χ1v) is 10.8. The lowest BCUT2D eigenvalue weighted by atomic mass is 10.0. The fourth-order valence-corrected chi connectivity index (χ4v) is 3.93. The maximum absolute atomic E-state index is 13.5. The van der Waals surface area contributed by atoms with Gasteiger partial charge in [0.1, 0.15) is 17.9 Å². The Morgan fingerprint density at radius 2 is 1.97 bits per heavy atom. The fourth-order valence-electron chi connectivity index (χ4n) is 3.93. The largest absolute Gasteiger partial charge is 0.490 e. The molecular weight excluding hydrogens is 436 g/mol. The zero-order valence-electron chi connectivity index (χ0n) is 19.3. The highest BCUT2D eigenvalue weighted by Crippen LogP contribution is 2.27. The normalized spacial score (nSPS) is 12.0. The van der Waals surface area contributed by atoms with Crippen molar-refractivity contribution in [1.82, 2.24) is 29.3 Å². The maximum Gasteiger partial charge on any atom is 0.261 e. The highest BCUT2D eigenvalue weighted by Gasteiger charge is 2.30. The van der Waals surface area contributed by atoms with Crippen molar-refractivity contribution in [2.75, 3.05) is 20.3 Å². The molecule has 10 heteroatoms. The quantitative estimate of drug-likeness (QED) is 0.341. The van der Waals surface area contributed by atoms with Crippen LogP contribution in [0, 0.1) is 6.92 Å². The van der Waals surface area contributed by atoms with E-state index in [-0.39, 0.29) is 5.56 Å². The Morgan fingerprint density at radius 3 is 2.74 bits per heavy atom. The van der Waals surface area contributed by atoms with E-state index >= 15 is 0 Å². The maximum atomic E-state index is 13.5. The first kappa shape index (κ1) is 21.8. The van der Waals surface area contributed by atoms with E-state index in [1.807, 2.05) is 55.6 Å². The zero-order chi connectivity index (χ0) is 23.9. The molecule has 0 aliphatic rings. The Labute approximate surface area is 194 Å². The van der Waals surface area contributed by atoms with E-state index in [9.17, 15) is 4.79 Å². The van der Waals surface area contributed by atoms with Gasteiger partial charge in [-0.1, -0.05) is 5.16 Å². The van der Waals surface area contributed by atoms with Crippen LogP contribution in [0.4, 0.5) is 0 Å². The third-order valence-corrected chi connectivity index (χ3v) is 5.74. The molecule has 0 atom stereocenters. The number of nitrogens with zero attached hydrogens (tertiary/aromatic N) is 6. The third kappa shape index (κ3) is 3.71. The predicted molar refractivity (Wildman–Crippen MR) is 125 cm³/mol. The highest BCUT2D eigenvalue weighted by molar-refractivity contribution is 5.78. The number of aryl methyl sites for hydroxylation is 1. The molecule has 10 nitrogen and oxygen atoms in total. The van der Waals surface area contributed by atoms with Crippen molar-refractivity contribution in [2.45, 2.75) is 26.3 Å². The van der Waals surface area contributed by atoms with Crippen LogP contribution < -0.4 is 10.3 Å². The second-order valence-electron chi connectivity index (χ2n) is 8.50. The molecule has 0 aliphatic carbocycles. The van der Waals surface area contributed by atoms with Gasteiger partial charge in [-0.05, 0) is 45.0 Å². The van der Waals surface area contributed by atoms with Crippen LogP contribution >= 0.6 is 0 Å². The molecule has 5 rings (SSSR count). The minimum Gasteiger partial charge on any atom is -0.490 e. The van der Waals surface area contributed by atoms with Gasteiger partial charge in [0.2, 0.25) is 0 Å². The van der Waals surface area contributed by atoms with Crippen LogP contribution in [0.25, 0.3) is 27.9 Å². The molecule has 5 heterocycles. The summed E-state index contributed by atoms with van der Waals surface area (Å²) in [4.78, 5) is 17.9. The molecule has 0 aromatic carbocycles. The standard InChI is InChI=1S/C24H24N6O4/c1-15-11-20(34-28-15)16-5-6-21-26-27-23(29(21)14-16)24(2,3)30-8-7-19-18(22(30)31)12-17(13-25-19)33-10-9-32-4/h5-8,11-14H,9-10H2,1-4H3. The molecule has 0 radical (unpaired) electrons. The van der Waals surface area contributed by atoms with E-state index in [2.05, 4.69) is 20.3 Å². The van der Waals surface area contributed by atoms with Crippen LogP contribution in [0.5, 0.6) is 5.75 Å². The van der Waals surface area contributed by atoms with Gasteiger partial charge in [-0.2, -0.15) is 0 Å². The molecular formula is C24H24N6O4. The number of hydrogen-bond donors (Lipinski definition) is 0. The van der Waals surface area contributed by atoms with Gasteiger partial charge in [-0.25, -0.2) is 0 Å². The monoisotopic (exact) mass is 460 g/mol. The summed E-state index contributed by atoms with van der Waals surface area (Å²) in [5.41, 5.74) is 1.84. The van der Waals surface area contributed by atoms with Crippen LogP contribution in [0.2, 0.25) is 0 Å². The Hall–Kier alpha value is -4.05. The summed E-state index contributed by atoms with van der Waals surface area (Å²) in [6, 6.07) is 9.14. The molecule has 0 unspecified atom stereocenters. The van der Waals surface area contributed by atoms with Gasteiger partial charge in [0, 0.05) is 31.1 Å². The van der Waals surface area contributed by atoms with Gasteiger partial charge in [-0.3, -0.25) is 14.2 Å². The molecule has 0 spiro atoms. The van der Waals surface area contributed by atoms with Gasteiger partial charge in [-0.15, -0.1) is 10.2 Å². The predicted octanol–water partition coefficient (Wildman–Crippen LogP) is 3.21. The van der Waals surface area contributed by atoms with Crippen molar-refractivity contribution in [3.63, 3.8) is 0 Å². The van der Waals surface area contributed by atoms with E-state index < -0.39 is 5.54 Å². The van der Waals surface area contributed by atoms with Crippen molar-refractivity contribution >= 4 is 16.6 Å². The van der Waals surface area contributed by atoms with E-state index in [4.69, 9.17) is 14.0 Å². The first-order valence-electron chi connectivity index (χ1n) is 10.8. The van der Waals surface area contributed by atoms with Gasteiger partial charge in [0.05, 0.1) is 29.4 Å². The fraction of sp³-hybridized carbons (Fsp3) is 0.292. The summed E-state index contributed by atoms with van der Waals surface area (Å²) in [6.45, 7) is 6.53. The van der Waals surface area contributed by atoms with Gasteiger partial charge in [0.25, 0.3) is 5.56 Å². The van der Waals surface area contributed by atoms with E-state index in [0.717, 1.165) is 11.3 Å². The van der Waals surface area contributed by atoms with Gasteiger partial charge < -0.3 is 18.6 Å². The molecule has 5 aromatic rings. The Bertz CT molecular complexity index is 1550. The van der Waals surface area contributed by atoms with Gasteiger partial charge >= 0.3 is 0 Å². The minimum absolute atomic E-state index is 0.203. The second kappa shape index (κ2) is 8.38. The minimum atomic E-state index is -0.826. The smallest absolute Gasteiger partial charge is 0.261 e. The molecule has 0 amide bonds. The van der Waals surface area contributed by atoms with Crippen molar-refractivity contribution in [3.05, 3.63) is 70.8 Å². The second-order valence-corrected chi connectivity index (χ2v) is 8.50. The summed E-state index contributed by atoms with van der Waals surface area (Å²) < 4.78 is 19.6. The summed E-state index contributed by atoms with van der Waals surface area (Å²) in [6.07, 6.45) is 5.22. The lowest BCUT2D eigenvalue weighted by Crippen LogP contribution is -2.38. The average molecular weight is 460 g/mol. The molecule has 0 bridgehead atoms. The molecule has 0 fully saturated rings. The molecule has 174 valence electrons. The van der Waals surface area contributed by atoms with Crippen LogP contribution in [-0.4, -0.2) is 49.6 Å². The Kier molecular flexibility index (Phi) is 5.37. The number of rotatable bonds is 7. The van der Waals surface area contributed by atoms with Crippen LogP contribution in [0.1, 0.15) is 25.4 Å². The lowest BCUT2D eigenvalue weighted by molar-refractivity contribution is 0.146. The van der Waals surface area contributed by atoms with Crippen LogP contribution in [0.3, 0.4) is 0 Å². The zero-order valence-corrected chi connectivity index (χ0v) is 19.3. The van der Waals surface area contributed by atoms with Crippen molar-refractivity contribution in [1.29, 1.82) is 0 Å². The molecule has 5 aromatic heterocycles. The van der Waals surface area contributed by atoms with E-state index in [0.29, 0.717) is 47.1 Å². The lowest BCUT2D eigenvalue weighted by Gasteiger charge is -2.26. The van der Waals surface area contributed by atoms with Crippen molar-refractivity contribution in [2.24, 2.45) is 0 Å². The average Bonchev–Trinajstić information content (AvgIpc) is 3.45. The van der Waals surface area contributed by atoms with Crippen molar-refractivity contribution < 1.29 is 14.0 Å². The SMILES string of the molecule is COCCOc1cnc2ccn(C(C)(C)c3nnc4ccc(-c5cc(C)no5)cn34)c(=O)c2c1. The number of aromatic nitrogens is 6. The number of methoxy groups -OCH3 is 1. The topological polar surface area (TPSA) is 110 Å². The van der Waals surface area contributed by atoms with Gasteiger partial charge in [0.15, 0.2) is 17.2 Å². The van der Waals surface area contributed by atoms with E-state index in [1.165, 1.54) is 0 Å². The number of pyridine rings is 3. The number of ether oxygens (including phenoxy) is 2. The summed E-state index contributed by atoms with van der Waals surface area (Å²) in [5.74, 6) is 1.76. The highest BCUT2D eigenvalue weighted by atomic mass is 16.5. The molecule has 0 aliphatic heterocycles. The van der Waals surface area contributed by atoms with E-state index in [1.54, 1.807) is 30.1 Å². The number of hydrogen-bond acceptors (Lipinski definition) is 8. The number of fused-ring (bicyclic) bond motifs is 2. The Balaban J connectivity index is 1.59. The summed E-state index contributed by atoms with van der Waals surface area (Å²) in [7, 11) is 1.60. The molecule has 0 saturated carbocycles. The Morgan fingerprint density at radius 1 is 1.12 bits per heavy atom. The molecule has 34 heavy (non-hydrogen) atoms. The third-order valence-electron chi connectivity index (χ3n) is 5.74.